The molecule has 0 radical (unpaired) electrons. The number of piperazine rings is 1. The molecular formula is C20H22ClN3O5S. The molecular weight excluding hydrogens is 430 g/mol. The Morgan fingerprint density at radius 3 is 2.17 bits per heavy atom. The minimum Gasteiger partial charge on any atom is -0.339 e. The maximum Gasteiger partial charge on any atom is 0.289 e. The number of nitrogens with zero attached hydrogens (tertiary/aromatic N) is 3. The van der Waals surface area contributed by atoms with Gasteiger partial charge in [-0.15, -0.1) is 0 Å². The van der Waals surface area contributed by atoms with Crippen molar-refractivity contribution in [1.82, 2.24) is 9.21 Å². The number of nitro benzene ring substituents is 1. The highest BCUT2D eigenvalue weighted by Crippen LogP contribution is 2.30. The van der Waals surface area contributed by atoms with Crippen LogP contribution in [-0.4, -0.2) is 54.6 Å². The topological polar surface area (TPSA) is 101 Å². The molecule has 30 heavy (non-hydrogen) atoms. The molecule has 0 N–H and O–H groups in total. The van der Waals surface area contributed by atoms with Crippen molar-refractivity contribution in [2.75, 3.05) is 26.2 Å². The monoisotopic (exact) mass is 451 g/mol. The molecule has 0 saturated carbocycles. The molecule has 160 valence electrons. The number of halogens is 1. The van der Waals surface area contributed by atoms with Gasteiger partial charge in [0.1, 0.15) is 0 Å². The van der Waals surface area contributed by atoms with Gasteiger partial charge in [-0.05, 0) is 37.6 Å². The predicted octanol–water partition coefficient (Wildman–Crippen LogP) is 3.06. The van der Waals surface area contributed by atoms with Crippen LogP contribution < -0.4 is 0 Å². The molecule has 1 fully saturated rings. The van der Waals surface area contributed by atoms with Crippen molar-refractivity contribution in [3.63, 3.8) is 0 Å². The number of benzene rings is 2. The molecule has 0 atom stereocenters. The molecule has 1 aliphatic heterocycles. The number of rotatable bonds is 5. The van der Waals surface area contributed by atoms with E-state index in [0.29, 0.717) is 5.02 Å². The van der Waals surface area contributed by atoms with Gasteiger partial charge in [0.2, 0.25) is 15.9 Å². The Balaban J connectivity index is 1.75. The van der Waals surface area contributed by atoms with Crippen molar-refractivity contribution in [2.45, 2.75) is 24.2 Å². The Kier molecular flexibility index (Phi) is 6.16. The van der Waals surface area contributed by atoms with Gasteiger partial charge in [-0.2, -0.15) is 4.31 Å². The molecule has 1 aliphatic rings. The first-order valence-corrected chi connectivity index (χ1v) is 11.2. The molecule has 2 aromatic carbocycles. The predicted molar refractivity (Wildman–Crippen MR) is 113 cm³/mol. The molecule has 1 amide bonds. The smallest absolute Gasteiger partial charge is 0.289 e. The SMILES string of the molecule is CC(C)(C(=O)N1CCN(S(=O)(=O)c2ccccc2[N+](=O)[O-])CC1)c1ccc(Cl)cc1. The van der Waals surface area contributed by atoms with Gasteiger partial charge in [-0.25, -0.2) is 8.42 Å². The second-order valence-electron chi connectivity index (χ2n) is 7.55. The third kappa shape index (κ3) is 4.19. The van der Waals surface area contributed by atoms with E-state index >= 15 is 0 Å². The number of hydrogen-bond donors (Lipinski definition) is 0. The molecule has 0 spiro atoms. The van der Waals surface area contributed by atoms with Gasteiger partial charge in [0.15, 0.2) is 4.90 Å². The van der Waals surface area contributed by atoms with Crippen molar-refractivity contribution in [3.8, 4) is 0 Å². The lowest BCUT2D eigenvalue weighted by Crippen LogP contribution is -2.54. The van der Waals surface area contributed by atoms with Crippen molar-refractivity contribution < 1.29 is 18.1 Å². The highest BCUT2D eigenvalue weighted by molar-refractivity contribution is 7.89. The Bertz CT molecular complexity index is 1060. The lowest BCUT2D eigenvalue weighted by atomic mass is 9.83. The van der Waals surface area contributed by atoms with Gasteiger partial charge in [-0.1, -0.05) is 35.9 Å². The number of carbonyl (C=O) groups excluding carboxylic acids is 1. The standard InChI is InChI=1S/C20H22ClN3O5S/c1-20(2,15-7-9-16(21)10-8-15)19(25)22-11-13-23(14-12-22)30(28,29)18-6-4-3-5-17(18)24(26)27/h3-10H,11-14H2,1-2H3. The van der Waals surface area contributed by atoms with Crippen molar-refractivity contribution in [2.24, 2.45) is 0 Å². The number of amides is 1. The molecule has 3 rings (SSSR count). The number of carbonyl (C=O) groups is 1. The molecule has 8 nitrogen and oxygen atoms in total. The van der Waals surface area contributed by atoms with E-state index in [9.17, 15) is 23.3 Å². The number of sulfonamides is 1. The Morgan fingerprint density at radius 2 is 1.60 bits per heavy atom. The molecule has 0 aliphatic carbocycles. The second kappa shape index (κ2) is 8.33. The van der Waals surface area contributed by atoms with Crippen molar-refractivity contribution in [3.05, 3.63) is 69.2 Å². The average molecular weight is 452 g/mol. The van der Waals surface area contributed by atoms with E-state index in [1.54, 1.807) is 29.2 Å². The molecule has 0 unspecified atom stereocenters. The largest absolute Gasteiger partial charge is 0.339 e. The van der Waals surface area contributed by atoms with E-state index in [1.165, 1.54) is 28.6 Å². The summed E-state index contributed by atoms with van der Waals surface area (Å²) in [6.07, 6.45) is 0. The van der Waals surface area contributed by atoms with Crippen molar-refractivity contribution in [1.29, 1.82) is 0 Å². The second-order valence-corrected chi connectivity index (χ2v) is 9.90. The Morgan fingerprint density at radius 1 is 1.03 bits per heavy atom. The number of para-hydroxylation sites is 1. The van der Waals surface area contributed by atoms with E-state index in [-0.39, 0.29) is 37.0 Å². The van der Waals surface area contributed by atoms with Crippen molar-refractivity contribution >= 4 is 33.2 Å². The summed E-state index contributed by atoms with van der Waals surface area (Å²) in [5.41, 5.74) is -0.448. The molecule has 2 aromatic rings. The zero-order valence-electron chi connectivity index (χ0n) is 16.6. The normalized spacial score (nSPS) is 15.8. The van der Waals surface area contributed by atoms with Gasteiger partial charge >= 0.3 is 0 Å². The van der Waals surface area contributed by atoms with Crippen LogP contribution in [0.15, 0.2) is 53.4 Å². The fourth-order valence-electron chi connectivity index (χ4n) is 3.48. The third-order valence-corrected chi connectivity index (χ3v) is 7.50. The fraction of sp³-hybridized carbons (Fsp3) is 0.350. The van der Waals surface area contributed by atoms with E-state index in [4.69, 9.17) is 11.6 Å². The fourth-order valence-corrected chi connectivity index (χ4v) is 5.19. The highest BCUT2D eigenvalue weighted by atomic mass is 35.5. The van der Waals surface area contributed by atoms with Gasteiger partial charge in [0.05, 0.1) is 10.3 Å². The van der Waals surface area contributed by atoms with E-state index in [1.807, 2.05) is 13.8 Å². The highest BCUT2D eigenvalue weighted by Gasteiger charge is 2.38. The quantitative estimate of drug-likeness (QED) is 0.513. The zero-order chi connectivity index (χ0) is 22.1. The molecule has 1 saturated heterocycles. The molecule has 10 heteroatoms. The molecule has 0 bridgehead atoms. The third-order valence-electron chi connectivity index (χ3n) is 5.31. The first kappa shape index (κ1) is 22.2. The Hall–Kier alpha value is -2.49. The molecule has 0 aromatic heterocycles. The first-order chi connectivity index (χ1) is 14.0. The lowest BCUT2D eigenvalue weighted by molar-refractivity contribution is -0.387. The van der Waals surface area contributed by atoms with E-state index in [2.05, 4.69) is 0 Å². The van der Waals surface area contributed by atoms with Crippen LogP contribution in [-0.2, 0) is 20.2 Å². The summed E-state index contributed by atoms with van der Waals surface area (Å²) in [5.74, 6) is -0.118. The summed E-state index contributed by atoms with van der Waals surface area (Å²) in [6, 6.07) is 12.3. The summed E-state index contributed by atoms with van der Waals surface area (Å²) in [7, 11) is -4.04. The first-order valence-electron chi connectivity index (χ1n) is 9.34. The van der Waals surface area contributed by atoms with Gasteiger partial charge in [-0.3, -0.25) is 14.9 Å². The van der Waals surface area contributed by atoms with Crippen LogP contribution >= 0.6 is 11.6 Å². The van der Waals surface area contributed by atoms with Gasteiger partial charge < -0.3 is 4.90 Å². The van der Waals surface area contributed by atoms with Crippen LogP contribution in [0.5, 0.6) is 0 Å². The van der Waals surface area contributed by atoms with Crippen LogP contribution in [0.1, 0.15) is 19.4 Å². The lowest BCUT2D eigenvalue weighted by Gasteiger charge is -2.38. The molecule has 1 heterocycles. The Labute approximate surface area is 180 Å². The van der Waals surface area contributed by atoms with Gasteiger partial charge in [0, 0.05) is 37.3 Å². The van der Waals surface area contributed by atoms with Crippen LogP contribution in [0.2, 0.25) is 5.02 Å². The minimum absolute atomic E-state index is 0.0663. The van der Waals surface area contributed by atoms with Crippen LogP contribution in [0.4, 0.5) is 5.69 Å². The van der Waals surface area contributed by atoms with Crippen LogP contribution in [0, 0.1) is 10.1 Å². The summed E-state index contributed by atoms with van der Waals surface area (Å²) < 4.78 is 27.1. The van der Waals surface area contributed by atoms with Crippen LogP contribution in [0.3, 0.4) is 0 Å². The maximum atomic E-state index is 13.1. The summed E-state index contributed by atoms with van der Waals surface area (Å²) in [6.45, 7) is 4.17. The minimum atomic E-state index is -4.04. The number of nitro groups is 1. The summed E-state index contributed by atoms with van der Waals surface area (Å²) in [5, 5.41) is 11.8. The number of hydrogen-bond acceptors (Lipinski definition) is 5. The average Bonchev–Trinajstić information content (AvgIpc) is 2.73. The maximum absolute atomic E-state index is 13.1. The van der Waals surface area contributed by atoms with Crippen LogP contribution in [0.25, 0.3) is 0 Å². The van der Waals surface area contributed by atoms with Gasteiger partial charge in [0.25, 0.3) is 5.69 Å². The van der Waals surface area contributed by atoms with E-state index < -0.39 is 26.0 Å². The summed E-state index contributed by atoms with van der Waals surface area (Å²) in [4.78, 5) is 24.9. The summed E-state index contributed by atoms with van der Waals surface area (Å²) >= 11 is 5.93. The zero-order valence-corrected chi connectivity index (χ0v) is 18.2. The van der Waals surface area contributed by atoms with E-state index in [0.717, 1.165) is 5.56 Å².